The van der Waals surface area contributed by atoms with Crippen molar-refractivity contribution in [3.63, 3.8) is 0 Å². The van der Waals surface area contributed by atoms with Crippen LogP contribution in [-0.2, 0) is 4.79 Å². The van der Waals surface area contributed by atoms with Crippen LogP contribution in [0.3, 0.4) is 0 Å². The highest BCUT2D eigenvalue weighted by atomic mass is 16.4. The monoisotopic (exact) mass is 212 g/mol. The smallest absolute Gasteiger partial charge is 0.317 e. The van der Waals surface area contributed by atoms with Crippen LogP contribution in [0.5, 0.6) is 0 Å². The van der Waals surface area contributed by atoms with E-state index in [2.05, 4.69) is 11.8 Å². The van der Waals surface area contributed by atoms with E-state index in [4.69, 9.17) is 5.11 Å². The first kappa shape index (κ1) is 10.9. The highest BCUT2D eigenvalue weighted by Crippen LogP contribution is 2.39. The molecule has 4 heteroatoms. The van der Waals surface area contributed by atoms with Gasteiger partial charge in [-0.25, -0.2) is 0 Å². The van der Waals surface area contributed by atoms with E-state index in [1.54, 1.807) is 0 Å². The summed E-state index contributed by atoms with van der Waals surface area (Å²) in [5, 5.41) is 8.67. The molecule has 0 aromatic heterocycles. The number of hydrogen-bond donors (Lipinski definition) is 1. The van der Waals surface area contributed by atoms with Crippen LogP contribution >= 0.6 is 0 Å². The average Bonchev–Trinajstić information content (AvgIpc) is 2.16. The molecule has 2 aliphatic rings. The first-order valence-electron chi connectivity index (χ1n) is 5.80. The van der Waals surface area contributed by atoms with Gasteiger partial charge in [-0.05, 0) is 37.9 Å². The molecule has 0 atom stereocenters. The third-order valence-corrected chi connectivity index (χ3v) is 3.84. The Morgan fingerprint density at radius 1 is 1.27 bits per heavy atom. The minimum atomic E-state index is -0.698. The number of aliphatic carboxylic acids is 1. The summed E-state index contributed by atoms with van der Waals surface area (Å²) in [6.45, 7) is 7.95. The normalized spacial score (nSPS) is 26.5. The topological polar surface area (TPSA) is 43.8 Å². The number of carboxylic acid groups (broad SMARTS) is 1. The molecule has 1 N–H and O–H groups in total. The Balaban J connectivity index is 1.75. The maximum Gasteiger partial charge on any atom is 0.317 e. The summed E-state index contributed by atoms with van der Waals surface area (Å²) in [5.41, 5.74) is 0.459. The minimum absolute atomic E-state index is 0.221. The SMILES string of the molecule is CCN1CCC2(CC1)CN(CC(=O)O)C2. The number of likely N-dealkylation sites (tertiary alicyclic amines) is 2. The fraction of sp³-hybridized carbons (Fsp3) is 0.909. The lowest BCUT2D eigenvalue weighted by atomic mass is 9.72. The Morgan fingerprint density at radius 3 is 2.33 bits per heavy atom. The van der Waals surface area contributed by atoms with Crippen LogP contribution in [0.4, 0.5) is 0 Å². The molecule has 2 aliphatic heterocycles. The highest BCUT2D eigenvalue weighted by Gasteiger charge is 2.44. The van der Waals surface area contributed by atoms with Crippen LogP contribution in [0.25, 0.3) is 0 Å². The van der Waals surface area contributed by atoms with Crippen molar-refractivity contribution in [3.05, 3.63) is 0 Å². The average molecular weight is 212 g/mol. The molecule has 4 nitrogen and oxygen atoms in total. The van der Waals surface area contributed by atoms with Crippen molar-refractivity contribution in [2.24, 2.45) is 5.41 Å². The second-order valence-electron chi connectivity index (χ2n) is 4.97. The number of nitrogens with zero attached hydrogens (tertiary/aromatic N) is 2. The van der Waals surface area contributed by atoms with Gasteiger partial charge in [-0.15, -0.1) is 0 Å². The summed E-state index contributed by atoms with van der Waals surface area (Å²) in [5.74, 6) is -0.698. The molecule has 0 amide bonds. The Bertz CT molecular complexity index is 239. The van der Waals surface area contributed by atoms with E-state index in [9.17, 15) is 4.79 Å². The van der Waals surface area contributed by atoms with Crippen LogP contribution in [-0.4, -0.2) is 60.1 Å². The van der Waals surface area contributed by atoms with Crippen molar-refractivity contribution >= 4 is 5.97 Å². The predicted molar refractivity (Wildman–Crippen MR) is 57.9 cm³/mol. The molecule has 2 rings (SSSR count). The van der Waals surface area contributed by atoms with Crippen LogP contribution in [0, 0.1) is 5.41 Å². The molecule has 2 heterocycles. The van der Waals surface area contributed by atoms with E-state index < -0.39 is 5.97 Å². The van der Waals surface area contributed by atoms with Gasteiger partial charge >= 0.3 is 5.97 Å². The molecule has 86 valence electrons. The lowest BCUT2D eigenvalue weighted by Gasteiger charge is -2.53. The zero-order valence-electron chi connectivity index (χ0n) is 9.41. The third kappa shape index (κ3) is 2.32. The Morgan fingerprint density at radius 2 is 1.87 bits per heavy atom. The van der Waals surface area contributed by atoms with Gasteiger partial charge in [-0.3, -0.25) is 9.69 Å². The molecule has 0 aliphatic carbocycles. The molecular weight excluding hydrogens is 192 g/mol. The first-order valence-corrected chi connectivity index (χ1v) is 5.80. The Kier molecular flexibility index (Phi) is 2.98. The van der Waals surface area contributed by atoms with Gasteiger partial charge in [-0.2, -0.15) is 0 Å². The second kappa shape index (κ2) is 4.10. The van der Waals surface area contributed by atoms with E-state index in [1.807, 2.05) is 4.90 Å². The van der Waals surface area contributed by atoms with E-state index in [-0.39, 0.29) is 6.54 Å². The van der Waals surface area contributed by atoms with Crippen molar-refractivity contribution in [2.45, 2.75) is 19.8 Å². The lowest BCUT2D eigenvalue weighted by Crippen LogP contribution is -2.61. The van der Waals surface area contributed by atoms with Gasteiger partial charge in [0.1, 0.15) is 0 Å². The number of carbonyl (C=O) groups is 1. The molecular formula is C11H20N2O2. The maximum atomic E-state index is 10.5. The summed E-state index contributed by atoms with van der Waals surface area (Å²) in [7, 11) is 0. The molecule has 0 saturated carbocycles. The quantitative estimate of drug-likeness (QED) is 0.739. The van der Waals surface area contributed by atoms with Crippen molar-refractivity contribution < 1.29 is 9.90 Å². The van der Waals surface area contributed by atoms with Gasteiger partial charge in [0, 0.05) is 13.1 Å². The van der Waals surface area contributed by atoms with Gasteiger partial charge in [0.05, 0.1) is 6.54 Å². The van der Waals surface area contributed by atoms with Crippen molar-refractivity contribution in [3.8, 4) is 0 Å². The summed E-state index contributed by atoms with van der Waals surface area (Å²) in [6.07, 6.45) is 2.49. The van der Waals surface area contributed by atoms with Crippen molar-refractivity contribution in [1.29, 1.82) is 0 Å². The molecule has 2 fully saturated rings. The summed E-state index contributed by atoms with van der Waals surface area (Å²) in [6, 6.07) is 0. The lowest BCUT2D eigenvalue weighted by molar-refractivity contribution is -0.143. The molecule has 15 heavy (non-hydrogen) atoms. The molecule has 0 unspecified atom stereocenters. The Labute approximate surface area is 90.9 Å². The summed E-state index contributed by atoms with van der Waals surface area (Å²) < 4.78 is 0. The molecule has 2 saturated heterocycles. The minimum Gasteiger partial charge on any atom is -0.480 e. The largest absolute Gasteiger partial charge is 0.480 e. The number of hydrogen-bond acceptors (Lipinski definition) is 3. The van der Waals surface area contributed by atoms with Crippen LogP contribution in [0.1, 0.15) is 19.8 Å². The van der Waals surface area contributed by atoms with E-state index >= 15 is 0 Å². The predicted octanol–water partition coefficient (Wildman–Crippen LogP) is 0.489. The van der Waals surface area contributed by atoms with Crippen molar-refractivity contribution in [2.75, 3.05) is 39.3 Å². The van der Waals surface area contributed by atoms with Gasteiger partial charge in [-0.1, -0.05) is 6.92 Å². The van der Waals surface area contributed by atoms with Crippen LogP contribution in [0.15, 0.2) is 0 Å². The third-order valence-electron chi connectivity index (χ3n) is 3.84. The zero-order valence-corrected chi connectivity index (χ0v) is 9.41. The number of rotatable bonds is 3. The fourth-order valence-corrected chi connectivity index (χ4v) is 2.87. The molecule has 0 radical (unpaired) electrons. The van der Waals surface area contributed by atoms with Gasteiger partial charge in [0.15, 0.2) is 0 Å². The van der Waals surface area contributed by atoms with Crippen LogP contribution in [0.2, 0.25) is 0 Å². The van der Waals surface area contributed by atoms with E-state index in [1.165, 1.54) is 25.9 Å². The van der Waals surface area contributed by atoms with E-state index in [0.29, 0.717) is 5.41 Å². The number of carboxylic acids is 1. The molecule has 0 aromatic carbocycles. The van der Waals surface area contributed by atoms with E-state index in [0.717, 1.165) is 19.6 Å². The molecule has 0 aromatic rings. The highest BCUT2D eigenvalue weighted by molar-refractivity contribution is 5.69. The second-order valence-corrected chi connectivity index (χ2v) is 4.97. The van der Waals surface area contributed by atoms with Gasteiger partial charge < -0.3 is 10.0 Å². The fourth-order valence-electron chi connectivity index (χ4n) is 2.87. The standard InChI is InChI=1S/C11H20N2O2/c1-2-12-5-3-11(4-6-12)8-13(9-11)7-10(14)15/h2-9H2,1H3,(H,14,15). The van der Waals surface area contributed by atoms with Crippen molar-refractivity contribution in [1.82, 2.24) is 9.80 Å². The zero-order chi connectivity index (χ0) is 10.9. The molecule has 1 spiro atoms. The molecule has 0 bridgehead atoms. The summed E-state index contributed by atoms with van der Waals surface area (Å²) >= 11 is 0. The van der Waals surface area contributed by atoms with Crippen LogP contribution < -0.4 is 0 Å². The number of piperidine rings is 1. The Hall–Kier alpha value is -0.610. The van der Waals surface area contributed by atoms with Gasteiger partial charge in [0.25, 0.3) is 0 Å². The maximum absolute atomic E-state index is 10.5. The summed E-state index contributed by atoms with van der Waals surface area (Å²) in [4.78, 5) is 15.0. The van der Waals surface area contributed by atoms with Gasteiger partial charge in [0.2, 0.25) is 0 Å². The first-order chi connectivity index (χ1) is 7.13.